The van der Waals surface area contributed by atoms with E-state index in [-0.39, 0.29) is 5.82 Å². The van der Waals surface area contributed by atoms with Gasteiger partial charge in [0.2, 0.25) is 10.7 Å². The lowest BCUT2D eigenvalue weighted by Crippen LogP contribution is -2.00. The first-order valence-corrected chi connectivity index (χ1v) is 5.27. The monoisotopic (exact) mass is 251 g/mol. The highest BCUT2D eigenvalue weighted by atomic mass is 32.1. The third-order valence-electron chi connectivity index (χ3n) is 2.09. The lowest BCUT2D eigenvalue weighted by Gasteiger charge is -2.00. The van der Waals surface area contributed by atoms with Crippen LogP contribution in [0, 0.1) is 10.6 Å². The Hall–Kier alpha value is -2.02. The van der Waals surface area contributed by atoms with Crippen molar-refractivity contribution in [3.05, 3.63) is 40.4 Å². The van der Waals surface area contributed by atoms with Crippen LogP contribution in [-0.2, 0) is 0 Å². The average molecular weight is 251 g/mol. The van der Waals surface area contributed by atoms with Gasteiger partial charge in [0.15, 0.2) is 0 Å². The van der Waals surface area contributed by atoms with E-state index in [0.29, 0.717) is 16.4 Å². The van der Waals surface area contributed by atoms with Crippen LogP contribution in [0.25, 0.3) is 0 Å². The number of nitrogens with one attached hydrogen (secondary N) is 3. The van der Waals surface area contributed by atoms with Gasteiger partial charge in [-0.15, -0.1) is 0 Å². The quantitative estimate of drug-likeness (QED) is 0.446. The van der Waals surface area contributed by atoms with E-state index in [1.165, 1.54) is 12.1 Å². The van der Waals surface area contributed by atoms with Gasteiger partial charge in [0, 0.05) is 0 Å². The van der Waals surface area contributed by atoms with Crippen molar-refractivity contribution in [2.45, 2.75) is 6.92 Å². The SMILES string of the molecule is C/C(=N\Nc1nc(=S)[nH][nH]1)c1ccc(F)cc1. The molecule has 0 amide bonds. The summed E-state index contributed by atoms with van der Waals surface area (Å²) in [5.41, 5.74) is 4.25. The maximum absolute atomic E-state index is 12.7. The summed E-state index contributed by atoms with van der Waals surface area (Å²) >= 11 is 4.79. The Bertz CT molecular complexity index is 583. The molecule has 0 saturated carbocycles. The molecule has 0 fully saturated rings. The summed E-state index contributed by atoms with van der Waals surface area (Å²) in [4.78, 5) is 3.92. The van der Waals surface area contributed by atoms with Gasteiger partial charge in [-0.2, -0.15) is 10.1 Å². The number of halogens is 1. The van der Waals surface area contributed by atoms with E-state index in [1.807, 2.05) is 6.92 Å². The van der Waals surface area contributed by atoms with Crippen molar-refractivity contribution >= 4 is 23.9 Å². The van der Waals surface area contributed by atoms with Crippen LogP contribution in [0.4, 0.5) is 10.3 Å². The van der Waals surface area contributed by atoms with Crippen molar-refractivity contribution in [3.8, 4) is 0 Å². The highest BCUT2D eigenvalue weighted by Crippen LogP contribution is 2.05. The van der Waals surface area contributed by atoms with Crippen LogP contribution >= 0.6 is 12.2 Å². The second-order valence-corrected chi connectivity index (χ2v) is 3.72. The number of hydrazone groups is 1. The number of H-pyrrole nitrogens is 2. The minimum Gasteiger partial charge on any atom is -0.272 e. The molecular weight excluding hydrogens is 241 g/mol. The van der Waals surface area contributed by atoms with Gasteiger partial charge in [0.1, 0.15) is 5.82 Å². The minimum atomic E-state index is -0.272. The van der Waals surface area contributed by atoms with Gasteiger partial charge in [-0.25, -0.2) is 9.82 Å². The molecule has 0 unspecified atom stereocenters. The van der Waals surface area contributed by atoms with Gasteiger partial charge >= 0.3 is 0 Å². The predicted octanol–water partition coefficient (Wildman–Crippen LogP) is 2.44. The molecule has 88 valence electrons. The molecule has 2 aromatic rings. The first kappa shape index (κ1) is 11.5. The molecule has 0 aliphatic heterocycles. The molecule has 1 aromatic carbocycles. The number of hydrogen-bond donors (Lipinski definition) is 3. The van der Waals surface area contributed by atoms with Crippen LogP contribution in [0.3, 0.4) is 0 Å². The third kappa shape index (κ3) is 2.97. The van der Waals surface area contributed by atoms with Crippen molar-refractivity contribution in [1.82, 2.24) is 15.2 Å². The first-order valence-electron chi connectivity index (χ1n) is 4.86. The minimum absolute atomic E-state index is 0.272. The summed E-state index contributed by atoms with van der Waals surface area (Å²) in [6.07, 6.45) is 0. The van der Waals surface area contributed by atoms with Crippen LogP contribution in [0.2, 0.25) is 0 Å². The number of anilines is 1. The molecule has 7 heteroatoms. The maximum Gasteiger partial charge on any atom is 0.238 e. The van der Waals surface area contributed by atoms with E-state index in [9.17, 15) is 4.39 Å². The van der Waals surface area contributed by atoms with Gasteiger partial charge in [0.25, 0.3) is 0 Å². The zero-order valence-electron chi connectivity index (χ0n) is 8.99. The molecule has 0 aliphatic carbocycles. The van der Waals surface area contributed by atoms with Gasteiger partial charge in [-0.05, 0) is 36.8 Å². The fourth-order valence-corrected chi connectivity index (χ4v) is 1.36. The first-order chi connectivity index (χ1) is 8.15. The molecule has 0 spiro atoms. The molecule has 0 atom stereocenters. The van der Waals surface area contributed by atoms with E-state index >= 15 is 0 Å². The lowest BCUT2D eigenvalue weighted by molar-refractivity contribution is 0.628. The van der Waals surface area contributed by atoms with Gasteiger partial charge in [0.05, 0.1) is 5.71 Å². The Morgan fingerprint density at radius 1 is 1.35 bits per heavy atom. The average Bonchev–Trinajstić information content (AvgIpc) is 2.73. The molecule has 1 heterocycles. The zero-order chi connectivity index (χ0) is 12.3. The number of benzene rings is 1. The summed E-state index contributed by atoms with van der Waals surface area (Å²) in [7, 11) is 0. The fraction of sp³-hybridized carbons (Fsp3) is 0.100. The smallest absolute Gasteiger partial charge is 0.238 e. The number of hydrogen-bond acceptors (Lipinski definition) is 4. The molecule has 0 bridgehead atoms. The van der Waals surface area contributed by atoms with Crippen molar-refractivity contribution in [3.63, 3.8) is 0 Å². The predicted molar refractivity (Wildman–Crippen MR) is 66.0 cm³/mol. The van der Waals surface area contributed by atoms with Gasteiger partial charge in [-0.3, -0.25) is 10.2 Å². The molecule has 5 nitrogen and oxygen atoms in total. The van der Waals surface area contributed by atoms with E-state index in [1.54, 1.807) is 12.1 Å². The lowest BCUT2D eigenvalue weighted by atomic mass is 10.1. The van der Waals surface area contributed by atoms with Crippen LogP contribution in [-0.4, -0.2) is 20.9 Å². The van der Waals surface area contributed by atoms with Crippen LogP contribution in [0.5, 0.6) is 0 Å². The Morgan fingerprint density at radius 3 is 2.65 bits per heavy atom. The molecule has 0 aliphatic rings. The zero-order valence-corrected chi connectivity index (χ0v) is 9.81. The van der Waals surface area contributed by atoms with Crippen LogP contribution < -0.4 is 5.43 Å². The van der Waals surface area contributed by atoms with Crippen molar-refractivity contribution in [2.75, 3.05) is 5.43 Å². The Balaban J connectivity index is 2.11. The molecule has 0 saturated heterocycles. The molecule has 1 aromatic heterocycles. The summed E-state index contributed by atoms with van der Waals surface area (Å²) < 4.78 is 13.1. The topological polar surface area (TPSA) is 68.9 Å². The number of aromatic nitrogens is 3. The van der Waals surface area contributed by atoms with E-state index < -0.39 is 0 Å². The summed E-state index contributed by atoms with van der Waals surface area (Å²) in [5, 5.41) is 9.43. The van der Waals surface area contributed by atoms with E-state index in [2.05, 4.69) is 25.7 Å². The molecule has 0 radical (unpaired) electrons. The normalized spacial score (nSPS) is 11.5. The molecular formula is C10H10FN5S. The van der Waals surface area contributed by atoms with Crippen molar-refractivity contribution in [1.29, 1.82) is 0 Å². The summed E-state index contributed by atoms with van der Waals surface area (Å²) in [6, 6.07) is 6.08. The van der Waals surface area contributed by atoms with E-state index in [4.69, 9.17) is 12.2 Å². The largest absolute Gasteiger partial charge is 0.272 e. The molecule has 17 heavy (non-hydrogen) atoms. The number of nitrogens with zero attached hydrogens (tertiary/aromatic N) is 2. The second-order valence-electron chi connectivity index (χ2n) is 3.33. The van der Waals surface area contributed by atoms with Gasteiger partial charge < -0.3 is 0 Å². The van der Waals surface area contributed by atoms with Crippen LogP contribution in [0.15, 0.2) is 29.4 Å². The molecule has 3 N–H and O–H groups in total. The fourth-order valence-electron chi connectivity index (χ4n) is 1.22. The van der Waals surface area contributed by atoms with E-state index in [0.717, 1.165) is 5.56 Å². The number of aromatic amines is 2. The Labute approximate surface area is 102 Å². The molecule has 2 rings (SSSR count). The van der Waals surface area contributed by atoms with Crippen LogP contribution in [0.1, 0.15) is 12.5 Å². The van der Waals surface area contributed by atoms with Gasteiger partial charge in [-0.1, -0.05) is 12.1 Å². The standard InChI is InChI=1S/C10H10FN5S/c1-6(7-2-4-8(11)5-3-7)13-14-9-12-10(17)16-15-9/h2-5H,1H3,(H3,12,14,15,16,17)/b13-6+. The highest BCUT2D eigenvalue weighted by molar-refractivity contribution is 7.71. The Morgan fingerprint density at radius 2 is 2.06 bits per heavy atom. The van der Waals surface area contributed by atoms with Crippen molar-refractivity contribution < 1.29 is 4.39 Å². The number of rotatable bonds is 3. The third-order valence-corrected chi connectivity index (χ3v) is 2.29. The summed E-state index contributed by atoms with van der Waals surface area (Å²) in [5.74, 6) is 0.155. The summed E-state index contributed by atoms with van der Waals surface area (Å²) in [6.45, 7) is 1.81. The Kier molecular flexibility index (Phi) is 3.29. The van der Waals surface area contributed by atoms with Crippen molar-refractivity contribution in [2.24, 2.45) is 5.10 Å². The second kappa shape index (κ2) is 4.88. The maximum atomic E-state index is 12.7. The highest BCUT2D eigenvalue weighted by Gasteiger charge is 1.98.